The van der Waals surface area contributed by atoms with Gasteiger partial charge in [-0.25, -0.2) is 0 Å². The van der Waals surface area contributed by atoms with Crippen molar-refractivity contribution >= 4 is 0 Å². The highest BCUT2D eigenvalue weighted by atomic mass is 16.6. The predicted molar refractivity (Wildman–Crippen MR) is 63.8 cm³/mol. The Bertz CT molecular complexity index is 238. The third-order valence-electron chi connectivity index (χ3n) is 4.01. The quantitative estimate of drug-likeness (QED) is 0.506. The van der Waals surface area contributed by atoms with Gasteiger partial charge in [0.15, 0.2) is 0 Å². The van der Waals surface area contributed by atoms with Gasteiger partial charge in [-0.3, -0.25) is 0 Å². The maximum absolute atomic E-state index is 5.28. The van der Waals surface area contributed by atoms with Gasteiger partial charge in [-0.2, -0.15) is 0 Å². The van der Waals surface area contributed by atoms with Crippen molar-refractivity contribution in [1.82, 2.24) is 0 Å². The molecule has 1 aliphatic heterocycles. The first-order valence-electron chi connectivity index (χ1n) is 6.49. The molecule has 0 saturated carbocycles. The van der Waals surface area contributed by atoms with Crippen LogP contribution in [0, 0.1) is 17.8 Å². The highest BCUT2D eigenvalue weighted by Gasteiger charge is 2.25. The van der Waals surface area contributed by atoms with Gasteiger partial charge in [0, 0.05) is 0 Å². The fourth-order valence-electron chi connectivity index (χ4n) is 2.57. The Hall–Kier alpha value is -0.300. The van der Waals surface area contributed by atoms with Crippen molar-refractivity contribution in [3.8, 4) is 0 Å². The fourth-order valence-corrected chi connectivity index (χ4v) is 2.57. The molecule has 1 saturated heterocycles. The molecule has 2 aliphatic rings. The van der Waals surface area contributed by atoms with Crippen LogP contribution in [0.2, 0.25) is 0 Å². The minimum atomic E-state index is 0.595. The molecule has 0 amide bonds. The first-order valence-corrected chi connectivity index (χ1v) is 6.49. The highest BCUT2D eigenvalue weighted by Crippen LogP contribution is 2.35. The third kappa shape index (κ3) is 3.07. The number of allylic oxidation sites excluding steroid dienone is 2. The minimum absolute atomic E-state index is 0.595. The van der Waals surface area contributed by atoms with E-state index in [1.54, 1.807) is 5.57 Å². The van der Waals surface area contributed by atoms with Gasteiger partial charge in [0.1, 0.15) is 0 Å². The Morgan fingerprint density at radius 1 is 1.40 bits per heavy atom. The van der Waals surface area contributed by atoms with Gasteiger partial charge >= 0.3 is 0 Å². The van der Waals surface area contributed by atoms with Crippen molar-refractivity contribution in [3.05, 3.63) is 11.6 Å². The second kappa shape index (κ2) is 4.69. The van der Waals surface area contributed by atoms with E-state index in [9.17, 15) is 0 Å². The lowest BCUT2D eigenvalue weighted by Gasteiger charge is -2.28. The van der Waals surface area contributed by atoms with E-state index < -0.39 is 0 Å². The summed E-state index contributed by atoms with van der Waals surface area (Å²) >= 11 is 0. The smallest absolute Gasteiger partial charge is 0.0813 e. The summed E-state index contributed by atoms with van der Waals surface area (Å²) in [5.74, 6) is 2.46. The van der Waals surface area contributed by atoms with Crippen LogP contribution in [0.1, 0.15) is 46.5 Å². The van der Waals surface area contributed by atoms with Crippen LogP contribution in [0.25, 0.3) is 0 Å². The van der Waals surface area contributed by atoms with Gasteiger partial charge in [-0.15, -0.1) is 0 Å². The van der Waals surface area contributed by atoms with Gasteiger partial charge < -0.3 is 4.74 Å². The maximum Gasteiger partial charge on any atom is 0.0813 e. The van der Waals surface area contributed by atoms with Crippen molar-refractivity contribution in [2.24, 2.45) is 17.8 Å². The lowest BCUT2D eigenvalue weighted by Crippen LogP contribution is -2.16. The Labute approximate surface area is 93.9 Å². The van der Waals surface area contributed by atoms with Crippen LogP contribution < -0.4 is 0 Å². The largest absolute Gasteiger partial charge is 0.373 e. The van der Waals surface area contributed by atoms with Crippen LogP contribution in [-0.4, -0.2) is 12.7 Å². The van der Waals surface area contributed by atoms with Gasteiger partial charge in [0.05, 0.1) is 12.7 Å². The fraction of sp³-hybridized carbons (Fsp3) is 0.857. The lowest BCUT2D eigenvalue weighted by atomic mass is 9.77. The first-order chi connectivity index (χ1) is 7.16. The molecule has 0 bridgehead atoms. The molecule has 1 nitrogen and oxygen atoms in total. The monoisotopic (exact) mass is 208 g/mol. The molecular weight excluding hydrogens is 184 g/mol. The molecule has 86 valence electrons. The maximum atomic E-state index is 5.28. The van der Waals surface area contributed by atoms with Gasteiger partial charge in [0.25, 0.3) is 0 Å². The van der Waals surface area contributed by atoms with E-state index >= 15 is 0 Å². The molecule has 0 aromatic carbocycles. The Balaban J connectivity index is 1.91. The first kappa shape index (κ1) is 11.2. The summed E-state index contributed by atoms with van der Waals surface area (Å²) in [6.45, 7) is 8.09. The summed E-state index contributed by atoms with van der Waals surface area (Å²) in [6.07, 6.45) is 8.47. The van der Waals surface area contributed by atoms with E-state index in [2.05, 4.69) is 26.8 Å². The average Bonchev–Trinajstić information content (AvgIpc) is 3.00. The van der Waals surface area contributed by atoms with Crippen LogP contribution in [0.4, 0.5) is 0 Å². The minimum Gasteiger partial charge on any atom is -0.373 e. The SMILES string of the molecule is CC(C)C1C=C(CC[C@@H]2CO2)[C@H](C)CC1. The summed E-state index contributed by atoms with van der Waals surface area (Å²) in [4.78, 5) is 0. The molecule has 1 aliphatic carbocycles. The summed E-state index contributed by atoms with van der Waals surface area (Å²) < 4.78 is 5.28. The molecule has 0 spiro atoms. The van der Waals surface area contributed by atoms with Crippen molar-refractivity contribution in [2.75, 3.05) is 6.61 Å². The van der Waals surface area contributed by atoms with Gasteiger partial charge in [-0.1, -0.05) is 32.4 Å². The number of hydrogen-bond acceptors (Lipinski definition) is 1. The van der Waals surface area contributed by atoms with E-state index in [-0.39, 0.29) is 0 Å². The standard InChI is InChI=1S/C14H24O/c1-10(2)12-5-4-11(3)13(8-12)6-7-14-9-15-14/h8,10-12,14H,4-7,9H2,1-3H3/t11-,12?,14-/m1/s1. The van der Waals surface area contributed by atoms with Crippen LogP contribution in [0.3, 0.4) is 0 Å². The molecule has 1 heterocycles. The molecule has 1 fully saturated rings. The van der Waals surface area contributed by atoms with Crippen molar-refractivity contribution < 1.29 is 4.74 Å². The third-order valence-corrected chi connectivity index (χ3v) is 4.01. The Morgan fingerprint density at radius 3 is 2.73 bits per heavy atom. The zero-order valence-electron chi connectivity index (χ0n) is 10.3. The van der Waals surface area contributed by atoms with Crippen LogP contribution in [0.5, 0.6) is 0 Å². The molecule has 0 aromatic rings. The number of ether oxygens (including phenoxy) is 1. The zero-order chi connectivity index (χ0) is 10.8. The number of rotatable bonds is 4. The van der Waals surface area contributed by atoms with Crippen molar-refractivity contribution in [3.63, 3.8) is 0 Å². The molecule has 1 heteroatoms. The lowest BCUT2D eigenvalue weighted by molar-refractivity contribution is 0.357. The summed E-state index contributed by atoms with van der Waals surface area (Å²) in [7, 11) is 0. The van der Waals surface area contributed by atoms with Crippen LogP contribution >= 0.6 is 0 Å². The second-order valence-electron chi connectivity index (χ2n) is 5.62. The van der Waals surface area contributed by atoms with E-state index in [4.69, 9.17) is 4.74 Å². The number of hydrogen-bond donors (Lipinski definition) is 0. The highest BCUT2D eigenvalue weighted by molar-refractivity contribution is 5.12. The zero-order valence-corrected chi connectivity index (χ0v) is 10.3. The molecule has 1 unspecified atom stereocenters. The molecule has 0 radical (unpaired) electrons. The van der Waals surface area contributed by atoms with Gasteiger partial charge in [0.2, 0.25) is 0 Å². The van der Waals surface area contributed by atoms with Crippen LogP contribution in [-0.2, 0) is 4.74 Å². The van der Waals surface area contributed by atoms with Crippen molar-refractivity contribution in [2.45, 2.75) is 52.6 Å². The normalized spacial score (nSPS) is 35.5. The Morgan fingerprint density at radius 2 is 2.13 bits per heavy atom. The molecular formula is C14H24O. The molecule has 2 rings (SSSR count). The van der Waals surface area contributed by atoms with E-state index in [0.29, 0.717) is 6.10 Å². The summed E-state index contributed by atoms with van der Waals surface area (Å²) in [6, 6.07) is 0. The van der Waals surface area contributed by atoms with E-state index in [1.807, 2.05) is 0 Å². The molecule has 0 N–H and O–H groups in total. The molecule has 15 heavy (non-hydrogen) atoms. The summed E-state index contributed by atoms with van der Waals surface area (Å²) in [5, 5.41) is 0. The van der Waals surface area contributed by atoms with Crippen LogP contribution in [0.15, 0.2) is 11.6 Å². The predicted octanol–water partition coefficient (Wildman–Crippen LogP) is 3.79. The molecule has 0 aromatic heterocycles. The van der Waals surface area contributed by atoms with E-state index in [0.717, 1.165) is 24.4 Å². The topological polar surface area (TPSA) is 12.5 Å². The second-order valence-corrected chi connectivity index (χ2v) is 5.62. The van der Waals surface area contributed by atoms with E-state index in [1.165, 1.54) is 25.7 Å². The summed E-state index contributed by atoms with van der Waals surface area (Å²) in [5.41, 5.74) is 1.70. The average molecular weight is 208 g/mol. The molecule has 3 atom stereocenters. The number of epoxide rings is 1. The van der Waals surface area contributed by atoms with Gasteiger partial charge in [-0.05, 0) is 43.4 Å². The van der Waals surface area contributed by atoms with Crippen molar-refractivity contribution in [1.29, 1.82) is 0 Å². The Kier molecular flexibility index (Phi) is 3.50.